The molecule has 0 aliphatic heterocycles. The molecule has 0 unspecified atom stereocenters. The molecule has 2 amide bonds. The fourth-order valence-electron chi connectivity index (χ4n) is 1.13. The monoisotopic (exact) mass is 234 g/mol. The average Bonchev–Trinajstić information content (AvgIpc) is 2.34. The van der Waals surface area contributed by atoms with Crippen LogP contribution in [0.4, 0.5) is 0 Å². The average molecular weight is 234 g/mol. The Morgan fingerprint density at radius 1 is 1.35 bits per heavy atom. The zero-order valence-electron chi connectivity index (χ0n) is 9.31. The Labute approximate surface area is 99.3 Å². The Hall–Kier alpha value is -2.30. The van der Waals surface area contributed by atoms with E-state index in [4.69, 9.17) is 10.5 Å². The highest BCUT2D eigenvalue weighted by Gasteiger charge is 2.05. The number of carbonyl (C=O) groups is 2. The van der Waals surface area contributed by atoms with Gasteiger partial charge in [0.15, 0.2) is 0 Å². The number of nitrogens with two attached hydrogens (primary N) is 1. The van der Waals surface area contributed by atoms with Gasteiger partial charge in [-0.15, -0.1) is 0 Å². The number of hydrogen-bond acceptors (Lipinski definition) is 3. The third-order valence-corrected chi connectivity index (χ3v) is 1.91. The molecule has 0 heterocycles. The number of nitrogens with one attached hydrogen (secondary N) is 1. The van der Waals surface area contributed by atoms with Crippen molar-refractivity contribution in [1.29, 1.82) is 0 Å². The molecule has 0 radical (unpaired) electrons. The van der Waals surface area contributed by atoms with Gasteiger partial charge < -0.3 is 15.8 Å². The molecule has 3 N–H and O–H groups in total. The van der Waals surface area contributed by atoms with Crippen molar-refractivity contribution in [3.05, 3.63) is 42.5 Å². The number of primary amides is 1. The number of ether oxygens (including phenoxy) is 1. The molecule has 0 saturated carbocycles. The minimum absolute atomic E-state index is 0.173. The normalized spacial score (nSPS) is 9.41. The maximum atomic E-state index is 11.5. The summed E-state index contributed by atoms with van der Waals surface area (Å²) in [6, 6.07) is 6.55. The van der Waals surface area contributed by atoms with Gasteiger partial charge in [0.1, 0.15) is 12.4 Å². The second-order valence-electron chi connectivity index (χ2n) is 3.27. The molecule has 17 heavy (non-hydrogen) atoms. The summed E-state index contributed by atoms with van der Waals surface area (Å²) >= 11 is 0. The van der Waals surface area contributed by atoms with Gasteiger partial charge in [-0.1, -0.05) is 12.7 Å². The Kier molecular flexibility index (Phi) is 4.75. The van der Waals surface area contributed by atoms with Gasteiger partial charge in [-0.25, -0.2) is 0 Å². The maximum Gasteiger partial charge on any atom is 0.251 e. The zero-order chi connectivity index (χ0) is 12.7. The number of rotatable bonds is 6. The molecule has 0 spiro atoms. The summed E-state index contributed by atoms with van der Waals surface area (Å²) in [4.78, 5) is 22.0. The van der Waals surface area contributed by atoms with Gasteiger partial charge in [0.25, 0.3) is 5.91 Å². The summed E-state index contributed by atoms with van der Waals surface area (Å²) in [6.07, 6.45) is 1.63. The first-order chi connectivity index (χ1) is 8.13. The maximum absolute atomic E-state index is 11.5. The second kappa shape index (κ2) is 6.32. The van der Waals surface area contributed by atoms with Crippen molar-refractivity contribution in [2.45, 2.75) is 0 Å². The lowest BCUT2D eigenvalue weighted by atomic mass is 10.2. The number of carbonyl (C=O) groups excluding carboxylic acids is 2. The zero-order valence-corrected chi connectivity index (χ0v) is 9.31. The quantitative estimate of drug-likeness (QED) is 0.702. The minimum atomic E-state index is -0.579. The third kappa shape index (κ3) is 4.38. The summed E-state index contributed by atoms with van der Waals surface area (Å²) in [5.74, 6) is -0.278. The van der Waals surface area contributed by atoms with Gasteiger partial charge in [-0.05, 0) is 24.3 Å². The number of hydrogen-bond donors (Lipinski definition) is 2. The lowest BCUT2D eigenvalue weighted by molar-refractivity contribution is -0.117. The lowest BCUT2D eigenvalue weighted by Gasteiger charge is -2.05. The highest BCUT2D eigenvalue weighted by Crippen LogP contribution is 2.11. The van der Waals surface area contributed by atoms with Crippen LogP contribution >= 0.6 is 0 Å². The highest BCUT2D eigenvalue weighted by molar-refractivity contribution is 5.96. The lowest BCUT2D eigenvalue weighted by Crippen LogP contribution is -2.33. The first-order valence-electron chi connectivity index (χ1n) is 5.03. The summed E-state index contributed by atoms with van der Waals surface area (Å²) < 4.78 is 5.26. The molecule has 0 saturated heterocycles. The third-order valence-electron chi connectivity index (χ3n) is 1.91. The van der Waals surface area contributed by atoms with E-state index in [1.165, 1.54) is 0 Å². The summed E-state index contributed by atoms with van der Waals surface area (Å²) in [6.45, 7) is 3.77. The largest absolute Gasteiger partial charge is 0.490 e. The van der Waals surface area contributed by atoms with Gasteiger partial charge in [-0.2, -0.15) is 0 Å². The van der Waals surface area contributed by atoms with Crippen molar-refractivity contribution in [3.63, 3.8) is 0 Å². The first kappa shape index (κ1) is 12.8. The van der Waals surface area contributed by atoms with Gasteiger partial charge in [0.05, 0.1) is 6.54 Å². The molecule has 0 aliphatic carbocycles. The molecule has 0 bridgehead atoms. The predicted octanol–water partition coefficient (Wildman–Crippen LogP) is 0.466. The summed E-state index contributed by atoms with van der Waals surface area (Å²) in [7, 11) is 0. The van der Waals surface area contributed by atoms with E-state index in [1.54, 1.807) is 30.3 Å². The molecular weight excluding hydrogens is 220 g/mol. The fourth-order valence-corrected chi connectivity index (χ4v) is 1.13. The SMILES string of the molecule is C=CCOc1ccc(C(=O)NCC(N)=O)cc1. The van der Waals surface area contributed by atoms with Crippen molar-refractivity contribution in [3.8, 4) is 5.75 Å². The van der Waals surface area contributed by atoms with Crippen LogP contribution in [0.15, 0.2) is 36.9 Å². The van der Waals surface area contributed by atoms with E-state index in [9.17, 15) is 9.59 Å². The molecular formula is C12H14N2O3. The molecule has 0 aromatic heterocycles. The van der Waals surface area contributed by atoms with Crippen LogP contribution in [0.1, 0.15) is 10.4 Å². The van der Waals surface area contributed by atoms with Crippen molar-refractivity contribution in [2.75, 3.05) is 13.2 Å². The summed E-state index contributed by atoms with van der Waals surface area (Å²) in [5, 5.41) is 2.39. The van der Waals surface area contributed by atoms with Crippen LogP contribution in [0.5, 0.6) is 5.75 Å². The molecule has 90 valence electrons. The second-order valence-corrected chi connectivity index (χ2v) is 3.27. The summed E-state index contributed by atoms with van der Waals surface area (Å²) in [5.41, 5.74) is 5.36. The minimum Gasteiger partial charge on any atom is -0.490 e. The van der Waals surface area contributed by atoms with E-state index in [0.29, 0.717) is 17.9 Å². The Morgan fingerprint density at radius 2 is 2.00 bits per heavy atom. The molecule has 1 aromatic carbocycles. The van der Waals surface area contributed by atoms with Crippen LogP contribution < -0.4 is 15.8 Å². The topological polar surface area (TPSA) is 81.4 Å². The van der Waals surface area contributed by atoms with Crippen LogP contribution in [-0.2, 0) is 4.79 Å². The van der Waals surface area contributed by atoms with Gasteiger partial charge in [0.2, 0.25) is 5.91 Å². The first-order valence-corrected chi connectivity index (χ1v) is 5.03. The molecule has 0 fully saturated rings. The number of amides is 2. The standard InChI is InChI=1S/C12H14N2O3/c1-2-7-17-10-5-3-9(4-6-10)12(16)14-8-11(13)15/h2-6H,1,7-8H2,(H2,13,15)(H,14,16). The molecule has 0 aliphatic rings. The van der Waals surface area contributed by atoms with E-state index in [0.717, 1.165) is 0 Å². The van der Waals surface area contributed by atoms with Crippen LogP contribution in [0.25, 0.3) is 0 Å². The smallest absolute Gasteiger partial charge is 0.251 e. The van der Waals surface area contributed by atoms with Crippen molar-refractivity contribution < 1.29 is 14.3 Å². The van der Waals surface area contributed by atoms with Crippen LogP contribution in [0.2, 0.25) is 0 Å². The molecule has 0 atom stereocenters. The van der Waals surface area contributed by atoms with E-state index < -0.39 is 5.91 Å². The Balaban J connectivity index is 2.57. The molecule has 1 rings (SSSR count). The molecule has 5 nitrogen and oxygen atoms in total. The van der Waals surface area contributed by atoms with Crippen LogP contribution in [0.3, 0.4) is 0 Å². The fraction of sp³-hybridized carbons (Fsp3) is 0.167. The van der Waals surface area contributed by atoms with Crippen molar-refractivity contribution in [2.24, 2.45) is 5.73 Å². The predicted molar refractivity (Wildman–Crippen MR) is 63.7 cm³/mol. The van der Waals surface area contributed by atoms with E-state index in [-0.39, 0.29) is 12.5 Å². The Morgan fingerprint density at radius 3 is 2.53 bits per heavy atom. The highest BCUT2D eigenvalue weighted by atomic mass is 16.5. The van der Waals surface area contributed by atoms with E-state index in [2.05, 4.69) is 11.9 Å². The van der Waals surface area contributed by atoms with Gasteiger partial charge in [0, 0.05) is 5.56 Å². The Bertz CT molecular complexity index is 412. The van der Waals surface area contributed by atoms with Crippen LogP contribution in [0, 0.1) is 0 Å². The van der Waals surface area contributed by atoms with Crippen LogP contribution in [-0.4, -0.2) is 25.0 Å². The van der Waals surface area contributed by atoms with Gasteiger partial charge >= 0.3 is 0 Å². The van der Waals surface area contributed by atoms with E-state index in [1.807, 2.05) is 0 Å². The van der Waals surface area contributed by atoms with Gasteiger partial charge in [-0.3, -0.25) is 9.59 Å². The molecule has 1 aromatic rings. The molecule has 5 heteroatoms. The number of benzene rings is 1. The van der Waals surface area contributed by atoms with E-state index >= 15 is 0 Å². The van der Waals surface area contributed by atoms with Crippen molar-refractivity contribution in [1.82, 2.24) is 5.32 Å². The van der Waals surface area contributed by atoms with Crippen molar-refractivity contribution >= 4 is 11.8 Å².